The SMILES string of the molecule is CC(O)CN1C(=O)c2c3c(c(O)c(=O)n2C12CCC1CC12)C(=O)N(Cc1ccc(F)c(Cl)c1)CC3. The number of hydrogen-bond acceptors (Lipinski definition) is 5. The van der Waals surface area contributed by atoms with Crippen LogP contribution in [0, 0.1) is 17.7 Å². The summed E-state index contributed by atoms with van der Waals surface area (Å²) in [6.07, 6.45) is 1.82. The highest BCUT2D eigenvalue weighted by molar-refractivity contribution is 6.30. The van der Waals surface area contributed by atoms with E-state index in [2.05, 4.69) is 0 Å². The topological polar surface area (TPSA) is 103 Å². The number of β-amino-alcohol motifs (C(OH)–C–C–N with tert-alkyl or cyclic N) is 1. The number of pyridine rings is 1. The molecule has 2 aliphatic carbocycles. The molecular weight excluding hydrogens is 477 g/mol. The minimum Gasteiger partial charge on any atom is -0.502 e. The Morgan fingerprint density at radius 2 is 2.03 bits per heavy atom. The molecular formula is C25H25ClFN3O5. The lowest BCUT2D eigenvalue weighted by Gasteiger charge is -2.38. The summed E-state index contributed by atoms with van der Waals surface area (Å²) in [4.78, 5) is 43.8. The highest BCUT2D eigenvalue weighted by Crippen LogP contribution is 2.64. The van der Waals surface area contributed by atoms with Gasteiger partial charge in [0.1, 0.15) is 17.2 Å². The second kappa shape index (κ2) is 7.54. The number of benzene rings is 1. The average molecular weight is 502 g/mol. The number of carbonyl (C=O) groups excluding carboxylic acids is 2. The standard InChI is InChI=1S/C25H25ClFN3O5/c1-12(31)10-29-23(34)20-15-5-7-28(11-13-2-3-18(27)17(26)8-13)22(33)19(15)21(32)24(35)30(20)25(29)6-4-14-9-16(14)25/h2-3,8,12,14,16,31-32H,4-7,9-11H2,1H3. The lowest BCUT2D eigenvalue weighted by molar-refractivity contribution is 0.00469. The largest absolute Gasteiger partial charge is 0.502 e. The molecule has 10 heteroatoms. The van der Waals surface area contributed by atoms with E-state index in [1.807, 2.05) is 0 Å². The highest BCUT2D eigenvalue weighted by Gasteiger charge is 2.67. The number of carbonyl (C=O) groups is 2. The van der Waals surface area contributed by atoms with Gasteiger partial charge in [-0.3, -0.25) is 19.0 Å². The molecule has 4 unspecified atom stereocenters. The van der Waals surface area contributed by atoms with Crippen molar-refractivity contribution in [3.05, 3.63) is 61.8 Å². The van der Waals surface area contributed by atoms with E-state index >= 15 is 0 Å². The van der Waals surface area contributed by atoms with Gasteiger partial charge in [-0.05, 0) is 56.2 Å². The molecule has 2 aromatic rings. The third-order valence-electron chi connectivity index (χ3n) is 8.09. The van der Waals surface area contributed by atoms with E-state index in [1.54, 1.807) is 11.8 Å². The molecule has 0 bridgehead atoms. The number of amides is 2. The Kier molecular flexibility index (Phi) is 4.86. The molecule has 2 amide bonds. The van der Waals surface area contributed by atoms with E-state index in [-0.39, 0.29) is 54.2 Å². The number of aromatic hydroxyl groups is 1. The quantitative estimate of drug-likeness (QED) is 0.670. The van der Waals surface area contributed by atoms with Crippen molar-refractivity contribution in [3.63, 3.8) is 0 Å². The number of fused-ring (bicyclic) bond motifs is 6. The van der Waals surface area contributed by atoms with Gasteiger partial charge < -0.3 is 20.0 Å². The van der Waals surface area contributed by atoms with Crippen molar-refractivity contribution in [2.24, 2.45) is 11.8 Å². The number of aromatic nitrogens is 1. The molecule has 8 nitrogen and oxygen atoms in total. The van der Waals surface area contributed by atoms with Gasteiger partial charge in [-0.25, -0.2) is 4.39 Å². The minimum atomic E-state index is -0.900. The summed E-state index contributed by atoms with van der Waals surface area (Å²) in [6, 6.07) is 4.18. The van der Waals surface area contributed by atoms with Gasteiger partial charge in [0.05, 0.1) is 16.7 Å². The first-order chi connectivity index (χ1) is 16.6. The van der Waals surface area contributed by atoms with Gasteiger partial charge in [-0.2, -0.15) is 0 Å². The second-order valence-electron chi connectivity index (χ2n) is 10.2. The van der Waals surface area contributed by atoms with Crippen molar-refractivity contribution in [3.8, 4) is 5.75 Å². The van der Waals surface area contributed by atoms with Crippen LogP contribution >= 0.6 is 11.6 Å². The highest BCUT2D eigenvalue weighted by atomic mass is 35.5. The van der Waals surface area contributed by atoms with Gasteiger partial charge in [0.15, 0.2) is 5.75 Å². The molecule has 0 saturated heterocycles. The zero-order chi connectivity index (χ0) is 24.8. The van der Waals surface area contributed by atoms with Crippen molar-refractivity contribution >= 4 is 23.4 Å². The maximum atomic E-state index is 13.7. The minimum absolute atomic E-state index is 0.0599. The fourth-order valence-electron chi connectivity index (χ4n) is 6.55. The number of hydrogen-bond donors (Lipinski definition) is 2. The van der Waals surface area contributed by atoms with Crippen molar-refractivity contribution in [1.29, 1.82) is 0 Å². The van der Waals surface area contributed by atoms with E-state index in [4.69, 9.17) is 11.6 Å². The van der Waals surface area contributed by atoms with Gasteiger partial charge in [-0.1, -0.05) is 17.7 Å². The summed E-state index contributed by atoms with van der Waals surface area (Å²) in [5.41, 5.74) is -0.644. The summed E-state index contributed by atoms with van der Waals surface area (Å²) in [7, 11) is 0. The molecule has 35 heavy (non-hydrogen) atoms. The first kappa shape index (κ1) is 22.5. The maximum absolute atomic E-state index is 13.7. The first-order valence-electron chi connectivity index (χ1n) is 11.9. The molecule has 1 spiro atoms. The molecule has 0 radical (unpaired) electrons. The van der Waals surface area contributed by atoms with Crippen LogP contribution in [0.15, 0.2) is 23.0 Å². The molecule has 1 aromatic carbocycles. The zero-order valence-corrected chi connectivity index (χ0v) is 19.9. The molecule has 2 saturated carbocycles. The summed E-state index contributed by atoms with van der Waals surface area (Å²) in [6.45, 7) is 2.05. The second-order valence-corrected chi connectivity index (χ2v) is 10.6. The smallest absolute Gasteiger partial charge is 0.296 e. The molecule has 3 heterocycles. The fraction of sp³-hybridized carbons (Fsp3) is 0.480. The van der Waals surface area contributed by atoms with Crippen molar-refractivity contribution < 1.29 is 24.2 Å². The third kappa shape index (κ3) is 3.04. The number of nitrogens with zero attached hydrogens (tertiary/aromatic N) is 3. The van der Waals surface area contributed by atoms with Gasteiger partial charge in [0, 0.05) is 31.1 Å². The Bertz CT molecular complexity index is 1360. The van der Waals surface area contributed by atoms with E-state index in [1.165, 1.54) is 27.7 Å². The van der Waals surface area contributed by atoms with E-state index < -0.39 is 34.8 Å². The number of aliphatic hydroxyl groups excluding tert-OH is 1. The van der Waals surface area contributed by atoms with Crippen LogP contribution in [-0.4, -0.2) is 55.6 Å². The fourth-order valence-corrected chi connectivity index (χ4v) is 6.76. The number of aliphatic hydroxyl groups is 1. The van der Waals surface area contributed by atoms with Crippen LogP contribution in [0.5, 0.6) is 5.75 Å². The monoisotopic (exact) mass is 501 g/mol. The molecule has 184 valence electrons. The molecule has 1 aromatic heterocycles. The van der Waals surface area contributed by atoms with Crippen LogP contribution in [0.1, 0.15) is 58.2 Å². The molecule has 2 N–H and O–H groups in total. The molecule has 6 rings (SSSR count). The summed E-state index contributed by atoms with van der Waals surface area (Å²) >= 11 is 5.88. The van der Waals surface area contributed by atoms with E-state index in [0.29, 0.717) is 23.5 Å². The van der Waals surface area contributed by atoms with Crippen LogP contribution in [0.25, 0.3) is 0 Å². The van der Waals surface area contributed by atoms with Gasteiger partial charge in [-0.15, -0.1) is 0 Å². The lowest BCUT2D eigenvalue weighted by Crippen LogP contribution is -2.52. The molecule has 2 fully saturated rings. The van der Waals surface area contributed by atoms with Crippen LogP contribution in [-0.2, 0) is 18.6 Å². The summed E-state index contributed by atoms with van der Waals surface area (Å²) < 4.78 is 15.0. The van der Waals surface area contributed by atoms with Crippen molar-refractivity contribution in [2.45, 2.75) is 50.9 Å². The van der Waals surface area contributed by atoms with Gasteiger partial charge in [0.25, 0.3) is 17.4 Å². The Balaban J connectivity index is 1.45. The predicted molar refractivity (Wildman–Crippen MR) is 124 cm³/mol. The summed E-state index contributed by atoms with van der Waals surface area (Å²) in [5, 5.41) is 21.1. The Morgan fingerprint density at radius 1 is 1.26 bits per heavy atom. The van der Waals surface area contributed by atoms with Crippen LogP contribution in [0.2, 0.25) is 5.02 Å². The predicted octanol–water partition coefficient (Wildman–Crippen LogP) is 2.46. The van der Waals surface area contributed by atoms with Gasteiger partial charge >= 0.3 is 0 Å². The zero-order valence-electron chi connectivity index (χ0n) is 19.1. The van der Waals surface area contributed by atoms with E-state index in [9.17, 15) is 29.0 Å². The molecule has 2 aliphatic heterocycles. The van der Waals surface area contributed by atoms with Crippen LogP contribution < -0.4 is 5.56 Å². The van der Waals surface area contributed by atoms with Crippen LogP contribution in [0.4, 0.5) is 4.39 Å². The van der Waals surface area contributed by atoms with Gasteiger partial charge in [0.2, 0.25) is 0 Å². The number of rotatable bonds is 4. The Morgan fingerprint density at radius 3 is 2.66 bits per heavy atom. The third-order valence-corrected chi connectivity index (χ3v) is 8.38. The van der Waals surface area contributed by atoms with E-state index in [0.717, 1.165) is 12.8 Å². The van der Waals surface area contributed by atoms with Crippen molar-refractivity contribution in [1.82, 2.24) is 14.4 Å². The van der Waals surface area contributed by atoms with Crippen molar-refractivity contribution in [2.75, 3.05) is 13.1 Å². The maximum Gasteiger partial charge on any atom is 0.296 e. The Labute approximate surface area is 205 Å². The molecule has 4 aliphatic rings. The Hall–Kier alpha value is -2.91. The lowest BCUT2D eigenvalue weighted by atomic mass is 9.95. The normalized spacial score (nSPS) is 27.3. The molecule has 4 atom stereocenters. The average Bonchev–Trinajstić information content (AvgIpc) is 3.46. The first-order valence-corrected chi connectivity index (χ1v) is 12.3. The van der Waals surface area contributed by atoms with Crippen LogP contribution in [0.3, 0.4) is 0 Å². The summed E-state index contributed by atoms with van der Waals surface area (Å²) in [5.74, 6) is -1.64. The number of halogens is 2.